The third-order valence-corrected chi connectivity index (χ3v) is 15.3. The summed E-state index contributed by atoms with van der Waals surface area (Å²) in [5.74, 6) is 2.09. The zero-order chi connectivity index (χ0) is 49.0. The fourth-order valence-electron chi connectivity index (χ4n) is 13.2. The quantitative estimate of drug-likeness (QED) is 0.123. The number of benzene rings is 2. The minimum absolute atomic E-state index is 0. The van der Waals surface area contributed by atoms with Crippen molar-refractivity contribution in [2.75, 3.05) is 11.1 Å². The van der Waals surface area contributed by atoms with Crippen molar-refractivity contribution in [3.63, 3.8) is 0 Å². The number of carboxylic acids is 1. The van der Waals surface area contributed by atoms with Crippen molar-refractivity contribution in [1.82, 2.24) is 9.80 Å². The molecule has 2 aromatic carbocycles. The molecule has 8 bridgehead atoms. The molecule has 4 saturated carbocycles. The number of fused-ring (bicyclic) bond motifs is 8. The second kappa shape index (κ2) is 30.5. The monoisotopic (exact) mass is 964 g/mol. The van der Waals surface area contributed by atoms with Crippen LogP contribution < -0.4 is 40.6 Å². The number of carboxylic acid groups (broad SMARTS) is 1. The number of nitrogens with two attached hydrogens (primary N) is 1. The van der Waals surface area contributed by atoms with Gasteiger partial charge in [-0.3, -0.25) is 24.2 Å². The van der Waals surface area contributed by atoms with E-state index in [-0.39, 0.29) is 29.6 Å². The summed E-state index contributed by atoms with van der Waals surface area (Å²) in [7, 11) is 4.32. The smallest absolute Gasteiger partial charge is 0.793 e. The van der Waals surface area contributed by atoms with Crippen molar-refractivity contribution >= 4 is 49.1 Å². The molecule has 10 rings (SSSR count). The molecular weight excluding hydrogens is 882 g/mol. The molecular formula is C54H81BN4NaO9. The number of carbonyl (C=O) groups is 5. The number of nitrogens with one attached hydrogen (secondary N) is 1. The average molecular weight is 964 g/mol. The van der Waals surface area contributed by atoms with Gasteiger partial charge in [0.05, 0.1) is 0 Å². The van der Waals surface area contributed by atoms with Crippen LogP contribution in [0.25, 0.3) is 0 Å². The minimum atomic E-state index is -0.833. The Kier molecular flexibility index (Phi) is 25.7. The van der Waals surface area contributed by atoms with Crippen LogP contribution in [0.3, 0.4) is 0 Å². The molecule has 4 saturated heterocycles. The number of para-hydroxylation sites is 2. The second-order valence-electron chi connectivity index (χ2n) is 20.7. The van der Waals surface area contributed by atoms with E-state index in [1.54, 1.807) is 6.42 Å². The predicted octanol–water partition coefficient (Wildman–Crippen LogP) is 7.02. The zero-order valence-electron chi connectivity index (χ0n) is 42.4. The zero-order valence-corrected chi connectivity index (χ0v) is 44.4. The van der Waals surface area contributed by atoms with Crippen LogP contribution >= 0.6 is 0 Å². The van der Waals surface area contributed by atoms with E-state index < -0.39 is 23.9 Å². The molecule has 2 aromatic rings. The molecule has 4 aliphatic heterocycles. The Morgan fingerprint density at radius 1 is 0.551 bits per heavy atom. The molecule has 4 N–H and O–H groups in total. The maximum absolute atomic E-state index is 11.9. The van der Waals surface area contributed by atoms with Crippen LogP contribution in [-0.4, -0.2) is 94.9 Å². The van der Waals surface area contributed by atoms with Crippen LogP contribution in [0.4, 0.5) is 11.4 Å². The fourth-order valence-corrected chi connectivity index (χ4v) is 13.2. The number of hydrogen-bond donors (Lipinski definition) is 3. The number of anilines is 2. The van der Waals surface area contributed by atoms with Gasteiger partial charge in [-0.15, -0.1) is 0 Å². The first-order chi connectivity index (χ1) is 32.7. The van der Waals surface area contributed by atoms with Crippen molar-refractivity contribution in [3.05, 3.63) is 60.7 Å². The molecule has 15 heteroatoms. The number of piperidine rings is 4. The summed E-state index contributed by atoms with van der Waals surface area (Å²) in [5, 5.41) is 11.3. The molecule has 69 heavy (non-hydrogen) atoms. The fraction of sp³-hybridized carbons (Fsp3) is 0.685. The normalized spacial score (nSPS) is 30.6. The predicted molar refractivity (Wildman–Crippen MR) is 266 cm³/mol. The average Bonchev–Trinajstić information content (AvgIpc) is 3.29. The Morgan fingerprint density at radius 3 is 1.25 bits per heavy atom. The van der Waals surface area contributed by atoms with Crippen LogP contribution in [0.5, 0.6) is 0 Å². The minimum Gasteiger partial charge on any atom is -0.793 e. The SMILES string of the molecule is CC(=O)O.CC(=O)OOC(C)=O.Nc1ccccc1.O=C1C[C@H]2CCC[C@@H](C1)N2C1C[C@H]2CCC[C@@H](C1)C2.[B-]OC(C)=O.[Na+].c1ccc(NC2C[C@H]3CCC[C@@H](C2)N3C2C[C@H]3CCC[C@@H](C2)C3)cc1. The molecule has 0 spiro atoms. The van der Waals surface area contributed by atoms with Gasteiger partial charge in [0.15, 0.2) is 0 Å². The maximum Gasteiger partial charge on any atom is 1.00 e. The van der Waals surface area contributed by atoms with E-state index in [0.29, 0.717) is 23.9 Å². The van der Waals surface area contributed by atoms with E-state index in [1.165, 1.54) is 135 Å². The van der Waals surface area contributed by atoms with Gasteiger partial charge in [-0.2, -0.15) is 0 Å². The van der Waals surface area contributed by atoms with E-state index in [2.05, 4.69) is 67.9 Å². The molecule has 8 fully saturated rings. The Bertz CT molecular complexity index is 1790. The summed E-state index contributed by atoms with van der Waals surface area (Å²) in [6.45, 7) is 4.60. The summed E-state index contributed by atoms with van der Waals surface area (Å²) in [4.78, 5) is 63.6. The number of rotatable bonds is 4. The molecule has 3 unspecified atom stereocenters. The summed E-state index contributed by atoms with van der Waals surface area (Å²) < 4.78 is 3.61. The van der Waals surface area contributed by atoms with E-state index in [0.717, 1.165) is 87.1 Å². The number of nitrogen functional groups attached to an aromatic ring is 1. The number of carbonyl (C=O) groups excluding carboxylic acids is 4. The van der Waals surface area contributed by atoms with Crippen LogP contribution in [-0.2, 0) is 38.4 Å². The van der Waals surface area contributed by atoms with Gasteiger partial charge in [-0.1, -0.05) is 87.8 Å². The van der Waals surface area contributed by atoms with Gasteiger partial charge in [-0.05, 0) is 125 Å². The van der Waals surface area contributed by atoms with Gasteiger partial charge in [0.2, 0.25) is 5.97 Å². The molecule has 4 heterocycles. The van der Waals surface area contributed by atoms with Crippen molar-refractivity contribution in [3.8, 4) is 0 Å². The Morgan fingerprint density at radius 2 is 0.899 bits per heavy atom. The van der Waals surface area contributed by atoms with Gasteiger partial charge in [0, 0.05) is 94.2 Å². The third-order valence-electron chi connectivity index (χ3n) is 15.3. The Labute approximate surface area is 436 Å². The summed E-state index contributed by atoms with van der Waals surface area (Å²) in [5.41, 5.74) is 7.49. The first-order valence-corrected chi connectivity index (χ1v) is 25.8. The molecule has 3 radical (unpaired) electrons. The van der Waals surface area contributed by atoms with Gasteiger partial charge < -0.3 is 28.9 Å². The first kappa shape index (κ1) is 58.1. The molecule has 11 atom stereocenters. The van der Waals surface area contributed by atoms with Gasteiger partial charge in [-0.25, -0.2) is 19.4 Å². The van der Waals surface area contributed by atoms with E-state index in [9.17, 15) is 19.2 Å². The van der Waals surface area contributed by atoms with Crippen LogP contribution in [0.2, 0.25) is 0 Å². The summed E-state index contributed by atoms with van der Waals surface area (Å²) in [6.07, 6.45) is 30.7. The molecule has 0 aromatic heterocycles. The van der Waals surface area contributed by atoms with Crippen molar-refractivity contribution in [2.24, 2.45) is 23.7 Å². The number of hydrogen-bond acceptors (Lipinski definition) is 12. The molecule has 8 aliphatic rings. The van der Waals surface area contributed by atoms with Crippen molar-refractivity contribution < 1.29 is 73.1 Å². The van der Waals surface area contributed by atoms with Gasteiger partial charge >= 0.3 is 41.5 Å². The summed E-state index contributed by atoms with van der Waals surface area (Å²) >= 11 is 0. The third kappa shape index (κ3) is 20.3. The Balaban J connectivity index is 0.000000207. The Hall–Kier alpha value is -3.43. The largest absolute Gasteiger partial charge is 1.00 e. The molecule has 375 valence electrons. The molecule has 0 amide bonds. The van der Waals surface area contributed by atoms with Gasteiger partial charge in [0.1, 0.15) is 5.78 Å². The second-order valence-corrected chi connectivity index (χ2v) is 20.7. The van der Waals surface area contributed by atoms with Crippen molar-refractivity contribution in [2.45, 2.75) is 211 Å². The number of Topliss-reactive ketones (excluding diaryl/α,β-unsaturated/α-hetero) is 1. The van der Waals surface area contributed by atoms with Gasteiger partial charge in [0.25, 0.3) is 5.97 Å². The van der Waals surface area contributed by atoms with Crippen molar-refractivity contribution in [1.29, 1.82) is 0 Å². The number of nitrogens with zero attached hydrogens (tertiary/aromatic N) is 2. The van der Waals surface area contributed by atoms with Crippen LogP contribution in [0.15, 0.2) is 60.7 Å². The summed E-state index contributed by atoms with van der Waals surface area (Å²) in [6, 6.07) is 25.7. The first-order valence-electron chi connectivity index (χ1n) is 25.8. The topological polar surface area (TPSA) is 178 Å². The van der Waals surface area contributed by atoms with E-state index in [4.69, 9.17) is 15.6 Å². The standard InChI is InChI=1S/C23H34N2.C17H27NO.C6H7N.C4H6O4.C2H3BO2.C2H4O2.Na/c1-2-8-19(9-3-1)24-20-15-21-10-5-11-22(16-20)25(21)23-13-17-6-4-7-18(12-17)14-23;19-17-10-14-5-2-6-15(11-17)18(14)16-8-12-3-1-4-13(7-12)9-16;7-6-4-2-1-3-5-6;1-3(5)7-8-4(2)6;1-2(4)5-3;1-2(3)4;/h1-3,8-9,17-18,20-24H,4-7,10-16H2;12-16H,1-11H2;1-5H,7H2;1-2H3;1H3;1H3,(H,3,4);/q;;;;-1;;+1/t17-,18+,20?,21-,22+,23?;12-,13+,14-,15+,16?;;;;;. The molecule has 13 nitrogen and oxygen atoms in total. The number of aliphatic carboxylic acids is 1. The van der Waals surface area contributed by atoms with E-state index >= 15 is 0 Å². The molecule has 4 aliphatic carbocycles. The van der Waals surface area contributed by atoms with E-state index in [1.807, 2.05) is 30.3 Å². The van der Waals surface area contributed by atoms with Crippen LogP contribution in [0.1, 0.15) is 169 Å². The number of ketones is 1. The maximum atomic E-state index is 11.9. The van der Waals surface area contributed by atoms with Crippen LogP contribution in [0, 0.1) is 23.7 Å².